The number of hydrogen-bond donors (Lipinski definition) is 1. The third-order valence-electron chi connectivity index (χ3n) is 4.30. The van der Waals surface area contributed by atoms with Crippen LogP contribution in [0.1, 0.15) is 30.0 Å². The summed E-state index contributed by atoms with van der Waals surface area (Å²) >= 11 is 0. The molecule has 2 aromatic carbocycles. The Morgan fingerprint density at radius 2 is 1.64 bits per heavy atom. The van der Waals surface area contributed by atoms with Crippen molar-refractivity contribution in [2.75, 3.05) is 13.1 Å². The molecule has 25 heavy (non-hydrogen) atoms. The Kier molecular flexibility index (Phi) is 7.20. The van der Waals surface area contributed by atoms with Crippen LogP contribution in [-0.2, 0) is 22.6 Å². The van der Waals surface area contributed by atoms with Gasteiger partial charge in [0.15, 0.2) is 0 Å². The number of carbonyl (C=O) groups is 2. The van der Waals surface area contributed by atoms with Gasteiger partial charge in [-0.3, -0.25) is 9.59 Å². The number of benzene rings is 2. The SMILES string of the molecule is CC(=O)N(CCC(=O)NCc1ccccc1C)CCc1ccccc1. The zero-order chi connectivity index (χ0) is 18.1. The van der Waals surface area contributed by atoms with Crippen LogP contribution in [0.3, 0.4) is 0 Å². The van der Waals surface area contributed by atoms with Crippen molar-refractivity contribution in [3.05, 3.63) is 71.3 Å². The summed E-state index contributed by atoms with van der Waals surface area (Å²) < 4.78 is 0. The van der Waals surface area contributed by atoms with Crippen LogP contribution in [0.15, 0.2) is 54.6 Å². The Balaban J connectivity index is 1.77. The third-order valence-corrected chi connectivity index (χ3v) is 4.30. The lowest BCUT2D eigenvalue weighted by Gasteiger charge is -2.21. The molecule has 0 spiro atoms. The molecule has 0 aliphatic rings. The fourth-order valence-electron chi connectivity index (χ4n) is 2.66. The number of nitrogens with one attached hydrogen (secondary N) is 1. The first kappa shape index (κ1) is 18.7. The van der Waals surface area contributed by atoms with Crippen molar-refractivity contribution in [2.24, 2.45) is 0 Å². The van der Waals surface area contributed by atoms with E-state index in [4.69, 9.17) is 0 Å². The van der Waals surface area contributed by atoms with Gasteiger partial charge in [0, 0.05) is 33.0 Å². The van der Waals surface area contributed by atoms with Crippen LogP contribution >= 0.6 is 0 Å². The maximum atomic E-state index is 12.1. The van der Waals surface area contributed by atoms with Gasteiger partial charge < -0.3 is 10.2 Å². The molecule has 2 amide bonds. The topological polar surface area (TPSA) is 49.4 Å². The van der Waals surface area contributed by atoms with Crippen LogP contribution in [0.25, 0.3) is 0 Å². The molecule has 0 atom stereocenters. The van der Waals surface area contributed by atoms with Crippen LogP contribution in [0.2, 0.25) is 0 Å². The van der Waals surface area contributed by atoms with Crippen LogP contribution < -0.4 is 5.32 Å². The van der Waals surface area contributed by atoms with Crippen molar-refractivity contribution in [2.45, 2.75) is 33.2 Å². The first-order valence-electron chi connectivity index (χ1n) is 8.67. The Bertz CT molecular complexity index is 698. The first-order chi connectivity index (χ1) is 12.1. The lowest BCUT2D eigenvalue weighted by Crippen LogP contribution is -2.35. The van der Waals surface area contributed by atoms with E-state index in [1.807, 2.05) is 61.5 Å². The Labute approximate surface area is 149 Å². The van der Waals surface area contributed by atoms with Gasteiger partial charge in [0.2, 0.25) is 11.8 Å². The number of hydrogen-bond acceptors (Lipinski definition) is 2. The zero-order valence-corrected chi connectivity index (χ0v) is 15.0. The Morgan fingerprint density at radius 3 is 2.32 bits per heavy atom. The van der Waals surface area contributed by atoms with Crippen LogP contribution in [0.4, 0.5) is 0 Å². The van der Waals surface area contributed by atoms with E-state index >= 15 is 0 Å². The molecule has 132 valence electrons. The predicted octanol–water partition coefficient (Wildman–Crippen LogP) is 3.09. The molecule has 2 rings (SSSR count). The van der Waals surface area contributed by atoms with E-state index in [1.165, 1.54) is 5.56 Å². The van der Waals surface area contributed by atoms with E-state index in [0.717, 1.165) is 17.5 Å². The molecule has 1 N–H and O–H groups in total. The molecule has 0 fully saturated rings. The van der Waals surface area contributed by atoms with Crippen molar-refractivity contribution < 1.29 is 9.59 Å². The number of aryl methyl sites for hydroxylation is 1. The minimum absolute atomic E-state index is 0.00244. The smallest absolute Gasteiger partial charge is 0.222 e. The Hall–Kier alpha value is -2.62. The molecule has 0 aromatic heterocycles. The Morgan fingerprint density at radius 1 is 0.960 bits per heavy atom. The third kappa shape index (κ3) is 6.42. The average molecular weight is 338 g/mol. The summed E-state index contributed by atoms with van der Waals surface area (Å²) in [6.45, 7) is 5.18. The van der Waals surface area contributed by atoms with E-state index in [-0.39, 0.29) is 11.8 Å². The molecule has 0 aliphatic heterocycles. The van der Waals surface area contributed by atoms with E-state index in [2.05, 4.69) is 5.32 Å². The fourth-order valence-corrected chi connectivity index (χ4v) is 2.66. The minimum atomic E-state index is -0.0331. The van der Waals surface area contributed by atoms with E-state index in [0.29, 0.717) is 26.1 Å². The molecule has 4 heteroatoms. The van der Waals surface area contributed by atoms with Gasteiger partial charge in [0.25, 0.3) is 0 Å². The molecule has 2 aromatic rings. The highest BCUT2D eigenvalue weighted by Gasteiger charge is 2.11. The monoisotopic (exact) mass is 338 g/mol. The van der Waals surface area contributed by atoms with E-state index < -0.39 is 0 Å². The van der Waals surface area contributed by atoms with Gasteiger partial charge in [-0.2, -0.15) is 0 Å². The molecule has 0 saturated heterocycles. The molecule has 0 radical (unpaired) electrons. The summed E-state index contributed by atoms with van der Waals surface area (Å²) in [5.74, 6) is -0.0307. The second-order valence-corrected chi connectivity index (χ2v) is 6.19. The summed E-state index contributed by atoms with van der Waals surface area (Å²) in [4.78, 5) is 25.6. The first-order valence-corrected chi connectivity index (χ1v) is 8.67. The standard InChI is InChI=1S/C21H26N2O2/c1-17-8-6-7-11-20(17)16-22-21(25)13-15-23(18(2)24)14-12-19-9-4-3-5-10-19/h3-11H,12-16H2,1-2H3,(H,22,25). The largest absolute Gasteiger partial charge is 0.352 e. The number of carbonyl (C=O) groups excluding carboxylic acids is 2. The predicted molar refractivity (Wildman–Crippen MR) is 100 cm³/mol. The highest BCUT2D eigenvalue weighted by molar-refractivity contribution is 5.78. The summed E-state index contributed by atoms with van der Waals surface area (Å²) in [5.41, 5.74) is 3.47. The highest BCUT2D eigenvalue weighted by Crippen LogP contribution is 2.06. The summed E-state index contributed by atoms with van der Waals surface area (Å²) in [6.07, 6.45) is 1.12. The van der Waals surface area contributed by atoms with Gasteiger partial charge in [-0.05, 0) is 30.0 Å². The van der Waals surface area contributed by atoms with Crippen molar-refractivity contribution in [3.8, 4) is 0 Å². The zero-order valence-electron chi connectivity index (χ0n) is 15.0. The minimum Gasteiger partial charge on any atom is -0.352 e. The molecule has 0 saturated carbocycles. The molecular formula is C21H26N2O2. The van der Waals surface area contributed by atoms with E-state index in [1.54, 1.807) is 11.8 Å². The second-order valence-electron chi connectivity index (χ2n) is 6.19. The molecule has 4 nitrogen and oxygen atoms in total. The van der Waals surface area contributed by atoms with Gasteiger partial charge in [-0.1, -0.05) is 54.6 Å². The lowest BCUT2D eigenvalue weighted by molar-refractivity contribution is -0.129. The van der Waals surface area contributed by atoms with Crippen LogP contribution in [-0.4, -0.2) is 29.8 Å². The summed E-state index contributed by atoms with van der Waals surface area (Å²) in [6, 6.07) is 18.1. The maximum Gasteiger partial charge on any atom is 0.222 e. The van der Waals surface area contributed by atoms with Crippen molar-refractivity contribution in [1.82, 2.24) is 10.2 Å². The summed E-state index contributed by atoms with van der Waals surface area (Å²) in [5, 5.41) is 2.93. The molecule has 0 aliphatic carbocycles. The number of amides is 2. The van der Waals surface area contributed by atoms with Crippen LogP contribution in [0, 0.1) is 6.92 Å². The molecular weight excluding hydrogens is 312 g/mol. The normalized spacial score (nSPS) is 10.3. The van der Waals surface area contributed by atoms with Gasteiger partial charge in [0.1, 0.15) is 0 Å². The van der Waals surface area contributed by atoms with Crippen molar-refractivity contribution in [1.29, 1.82) is 0 Å². The number of rotatable bonds is 8. The molecule has 0 heterocycles. The van der Waals surface area contributed by atoms with Crippen LogP contribution in [0.5, 0.6) is 0 Å². The quantitative estimate of drug-likeness (QED) is 0.804. The van der Waals surface area contributed by atoms with Crippen molar-refractivity contribution >= 4 is 11.8 Å². The van der Waals surface area contributed by atoms with Gasteiger partial charge >= 0.3 is 0 Å². The van der Waals surface area contributed by atoms with Gasteiger partial charge in [-0.15, -0.1) is 0 Å². The lowest BCUT2D eigenvalue weighted by atomic mass is 10.1. The fraction of sp³-hybridized carbons (Fsp3) is 0.333. The van der Waals surface area contributed by atoms with E-state index in [9.17, 15) is 9.59 Å². The van der Waals surface area contributed by atoms with Gasteiger partial charge in [-0.25, -0.2) is 0 Å². The van der Waals surface area contributed by atoms with Crippen molar-refractivity contribution in [3.63, 3.8) is 0 Å². The second kappa shape index (κ2) is 9.62. The average Bonchev–Trinajstić information content (AvgIpc) is 2.61. The maximum absolute atomic E-state index is 12.1. The molecule has 0 unspecified atom stereocenters. The number of nitrogens with zero attached hydrogens (tertiary/aromatic N) is 1. The summed E-state index contributed by atoms with van der Waals surface area (Å²) in [7, 11) is 0. The highest BCUT2D eigenvalue weighted by atomic mass is 16.2. The van der Waals surface area contributed by atoms with Gasteiger partial charge in [0.05, 0.1) is 0 Å². The molecule has 0 bridgehead atoms.